The minimum Gasteiger partial charge on any atom is -0.490 e. The average Bonchev–Trinajstić information content (AvgIpc) is 3.16. The van der Waals surface area contributed by atoms with E-state index >= 15 is 4.39 Å². The van der Waals surface area contributed by atoms with Gasteiger partial charge in [0.1, 0.15) is 43.7 Å². The van der Waals surface area contributed by atoms with Gasteiger partial charge in [0, 0.05) is 11.6 Å². The van der Waals surface area contributed by atoms with Crippen LogP contribution < -0.4 is 9.47 Å². The molecule has 280 valence electrons. The molecule has 0 aliphatic heterocycles. The van der Waals surface area contributed by atoms with Crippen LogP contribution in [0.5, 0.6) is 11.5 Å². The summed E-state index contributed by atoms with van der Waals surface area (Å²) in [4.78, 5) is 23.0. The van der Waals surface area contributed by atoms with Crippen LogP contribution in [0.3, 0.4) is 0 Å². The van der Waals surface area contributed by atoms with Gasteiger partial charge in [-0.05, 0) is 89.4 Å². The summed E-state index contributed by atoms with van der Waals surface area (Å²) in [5.74, 6) is -0.811. The van der Waals surface area contributed by atoms with E-state index in [0.29, 0.717) is 36.1 Å². The van der Waals surface area contributed by atoms with Crippen molar-refractivity contribution < 1.29 is 51.9 Å². The number of hydrogen-bond donors (Lipinski definition) is 2. The molecular formula is C42H43F3O8. The number of rotatable bonds is 21. The SMILES string of the molecule is C=C(CO)C(=O)OCCOc1ccc(-c2ccc(-c3ccc(-c4ccc(OCCOC(=O)CCO)cc4)cc3)c(CCCCCC=C(F)F)c2)c(F)c1. The molecule has 0 aliphatic rings. The van der Waals surface area contributed by atoms with Crippen LogP contribution in [0.2, 0.25) is 0 Å². The second-order valence-corrected chi connectivity index (χ2v) is 12.0. The Labute approximate surface area is 307 Å². The third kappa shape index (κ3) is 13.0. The Morgan fingerprint density at radius 1 is 0.679 bits per heavy atom. The molecule has 0 unspecified atom stereocenters. The molecule has 0 heterocycles. The van der Waals surface area contributed by atoms with Crippen molar-refractivity contribution in [2.75, 3.05) is 39.6 Å². The van der Waals surface area contributed by atoms with Crippen LogP contribution in [0.4, 0.5) is 13.2 Å². The van der Waals surface area contributed by atoms with Gasteiger partial charge in [0.05, 0.1) is 25.2 Å². The van der Waals surface area contributed by atoms with E-state index in [-0.39, 0.29) is 50.8 Å². The molecule has 0 atom stereocenters. The Hall–Kier alpha value is -5.39. The fraction of sp³-hybridized carbons (Fsp3) is 0.286. The van der Waals surface area contributed by atoms with E-state index in [9.17, 15) is 18.4 Å². The van der Waals surface area contributed by atoms with Crippen LogP contribution in [0, 0.1) is 5.82 Å². The number of unbranched alkanes of at least 4 members (excludes halogenated alkanes) is 3. The number of allylic oxidation sites excluding steroid dienone is 1. The summed E-state index contributed by atoms with van der Waals surface area (Å²) < 4.78 is 61.5. The third-order valence-corrected chi connectivity index (χ3v) is 8.19. The molecular weight excluding hydrogens is 689 g/mol. The highest BCUT2D eigenvalue weighted by atomic mass is 19.3. The summed E-state index contributed by atoms with van der Waals surface area (Å²) in [6.45, 7) is 2.80. The molecule has 11 heteroatoms. The van der Waals surface area contributed by atoms with Gasteiger partial charge in [-0.3, -0.25) is 4.79 Å². The summed E-state index contributed by atoms with van der Waals surface area (Å²) in [5, 5.41) is 17.7. The fourth-order valence-electron chi connectivity index (χ4n) is 5.44. The largest absolute Gasteiger partial charge is 0.490 e. The lowest BCUT2D eigenvalue weighted by molar-refractivity contribution is -0.145. The van der Waals surface area contributed by atoms with Gasteiger partial charge in [-0.15, -0.1) is 0 Å². The lowest BCUT2D eigenvalue weighted by Gasteiger charge is -2.15. The summed E-state index contributed by atoms with van der Waals surface area (Å²) in [7, 11) is 0. The summed E-state index contributed by atoms with van der Waals surface area (Å²) in [6, 6.07) is 25.9. The standard InChI is InChI=1S/C42H43F3O8/c1-29(28-47)42(49)53-25-23-51-36-17-19-38(39(43)27-36)34-14-18-37(33(26-34)6-4-2-3-5-7-40(44)45)32-10-8-30(9-11-32)31-12-15-35(16-13-31)50-22-24-52-41(48)20-21-46/h7-19,26-27,46-47H,1-6,20-25,28H2. The Balaban J connectivity index is 1.46. The third-order valence-electron chi connectivity index (χ3n) is 8.19. The predicted molar refractivity (Wildman–Crippen MR) is 196 cm³/mol. The number of hydrogen-bond acceptors (Lipinski definition) is 8. The molecule has 0 spiro atoms. The van der Waals surface area contributed by atoms with Gasteiger partial charge < -0.3 is 29.2 Å². The summed E-state index contributed by atoms with van der Waals surface area (Å²) >= 11 is 0. The van der Waals surface area contributed by atoms with Gasteiger partial charge in [-0.25, -0.2) is 9.18 Å². The molecule has 4 aromatic rings. The van der Waals surface area contributed by atoms with Crippen LogP contribution in [-0.2, 0) is 25.5 Å². The van der Waals surface area contributed by atoms with Crippen LogP contribution >= 0.6 is 0 Å². The first kappa shape index (κ1) is 40.4. The topological polar surface area (TPSA) is 112 Å². The number of benzene rings is 4. The molecule has 53 heavy (non-hydrogen) atoms. The minimum atomic E-state index is -1.67. The van der Waals surface area contributed by atoms with E-state index in [4.69, 9.17) is 29.2 Å². The van der Waals surface area contributed by atoms with E-state index in [0.717, 1.165) is 46.7 Å². The highest BCUT2D eigenvalue weighted by Crippen LogP contribution is 2.34. The van der Waals surface area contributed by atoms with Gasteiger partial charge in [0.15, 0.2) is 0 Å². The van der Waals surface area contributed by atoms with Crippen molar-refractivity contribution in [2.24, 2.45) is 0 Å². The zero-order valence-corrected chi connectivity index (χ0v) is 29.3. The van der Waals surface area contributed by atoms with Crippen molar-refractivity contribution in [3.8, 4) is 44.9 Å². The number of carbonyl (C=O) groups is 2. The van der Waals surface area contributed by atoms with E-state index < -0.39 is 30.4 Å². The van der Waals surface area contributed by atoms with E-state index in [1.54, 1.807) is 12.1 Å². The quantitative estimate of drug-likeness (QED) is 0.0499. The van der Waals surface area contributed by atoms with Crippen LogP contribution in [-0.4, -0.2) is 61.8 Å². The van der Waals surface area contributed by atoms with Crippen LogP contribution in [0.15, 0.2) is 109 Å². The number of aliphatic hydroxyl groups excluding tert-OH is 2. The number of esters is 2. The summed E-state index contributed by atoms with van der Waals surface area (Å²) in [6.07, 6.45) is 2.34. The second kappa shape index (κ2) is 21.2. The van der Waals surface area contributed by atoms with Crippen molar-refractivity contribution >= 4 is 11.9 Å². The van der Waals surface area contributed by atoms with Crippen molar-refractivity contribution in [2.45, 2.75) is 38.5 Å². The highest BCUT2D eigenvalue weighted by molar-refractivity contribution is 5.87. The lowest BCUT2D eigenvalue weighted by Crippen LogP contribution is -2.15. The monoisotopic (exact) mass is 732 g/mol. The maximum atomic E-state index is 15.4. The number of aliphatic hydroxyl groups is 2. The Morgan fingerprint density at radius 3 is 1.94 bits per heavy atom. The van der Waals surface area contributed by atoms with Crippen LogP contribution in [0.1, 0.15) is 37.7 Å². The molecule has 4 rings (SSSR count). The zero-order chi connectivity index (χ0) is 38.0. The molecule has 0 aromatic heterocycles. The van der Waals surface area contributed by atoms with Crippen molar-refractivity contribution in [3.63, 3.8) is 0 Å². The number of aryl methyl sites for hydroxylation is 1. The highest BCUT2D eigenvalue weighted by Gasteiger charge is 2.13. The minimum absolute atomic E-state index is 0.0124. The predicted octanol–water partition coefficient (Wildman–Crippen LogP) is 8.48. The smallest absolute Gasteiger partial charge is 0.335 e. The van der Waals surface area contributed by atoms with Gasteiger partial charge >= 0.3 is 11.9 Å². The second-order valence-electron chi connectivity index (χ2n) is 12.0. The van der Waals surface area contributed by atoms with Gasteiger partial charge in [-0.1, -0.05) is 67.6 Å². The van der Waals surface area contributed by atoms with Crippen molar-refractivity contribution in [3.05, 3.63) is 121 Å². The Kier molecular flexibility index (Phi) is 16.2. The van der Waals surface area contributed by atoms with E-state index in [1.807, 2.05) is 66.7 Å². The molecule has 0 aliphatic carbocycles. The molecule has 0 bridgehead atoms. The normalized spacial score (nSPS) is 10.7. The maximum Gasteiger partial charge on any atom is 0.335 e. The van der Waals surface area contributed by atoms with E-state index in [1.165, 1.54) is 6.07 Å². The van der Waals surface area contributed by atoms with Crippen molar-refractivity contribution in [1.29, 1.82) is 0 Å². The zero-order valence-electron chi connectivity index (χ0n) is 29.3. The lowest BCUT2D eigenvalue weighted by atomic mass is 9.91. The Morgan fingerprint density at radius 2 is 1.28 bits per heavy atom. The summed E-state index contributed by atoms with van der Waals surface area (Å²) in [5.41, 5.74) is 5.90. The molecule has 0 fully saturated rings. The fourth-order valence-corrected chi connectivity index (χ4v) is 5.44. The first-order valence-electron chi connectivity index (χ1n) is 17.3. The first-order chi connectivity index (χ1) is 25.7. The number of ether oxygens (including phenoxy) is 4. The van der Waals surface area contributed by atoms with Gasteiger partial charge in [-0.2, -0.15) is 8.78 Å². The first-order valence-corrected chi connectivity index (χ1v) is 17.3. The van der Waals surface area contributed by atoms with Crippen molar-refractivity contribution in [1.82, 2.24) is 0 Å². The molecule has 8 nitrogen and oxygen atoms in total. The van der Waals surface area contributed by atoms with E-state index in [2.05, 4.69) is 6.58 Å². The van der Waals surface area contributed by atoms with Crippen LogP contribution in [0.25, 0.3) is 33.4 Å². The molecule has 0 radical (unpaired) electrons. The molecule has 0 amide bonds. The number of carbonyl (C=O) groups excluding carboxylic acids is 2. The molecule has 4 aromatic carbocycles. The Bertz CT molecular complexity index is 1830. The molecule has 2 N–H and O–H groups in total. The maximum absolute atomic E-state index is 15.4. The van der Waals surface area contributed by atoms with Gasteiger partial charge in [0.25, 0.3) is 6.08 Å². The molecule has 0 saturated carbocycles. The average molecular weight is 733 g/mol. The molecule has 0 saturated heterocycles. The number of halogens is 3. The van der Waals surface area contributed by atoms with Gasteiger partial charge in [0.2, 0.25) is 0 Å².